The van der Waals surface area contributed by atoms with Gasteiger partial charge in [-0.05, 0) is 19.1 Å². The van der Waals surface area contributed by atoms with E-state index in [0.29, 0.717) is 13.1 Å². The summed E-state index contributed by atoms with van der Waals surface area (Å²) < 4.78 is 0. The van der Waals surface area contributed by atoms with Gasteiger partial charge in [-0.15, -0.1) is 0 Å². The zero-order valence-electron chi connectivity index (χ0n) is 10.9. The molecule has 1 saturated heterocycles. The molecule has 1 heterocycles. The van der Waals surface area contributed by atoms with E-state index < -0.39 is 0 Å². The molecule has 1 aliphatic heterocycles. The van der Waals surface area contributed by atoms with Crippen molar-refractivity contribution in [3.8, 4) is 0 Å². The third-order valence-corrected chi connectivity index (χ3v) is 3.55. The maximum Gasteiger partial charge on any atom is 0.230 e. The van der Waals surface area contributed by atoms with Crippen molar-refractivity contribution in [3.63, 3.8) is 0 Å². The van der Waals surface area contributed by atoms with Crippen molar-refractivity contribution in [2.45, 2.75) is 13.3 Å². The first kappa shape index (κ1) is 13.9. The second-order valence-corrected chi connectivity index (χ2v) is 5.11. The van der Waals surface area contributed by atoms with Crippen LogP contribution in [0.25, 0.3) is 0 Å². The number of amides is 1. The molecule has 0 atom stereocenters. The average Bonchev–Trinajstić information content (AvgIpc) is 2.39. The first-order valence-electron chi connectivity index (χ1n) is 6.34. The van der Waals surface area contributed by atoms with Gasteiger partial charge < -0.3 is 9.80 Å². The van der Waals surface area contributed by atoms with Crippen molar-refractivity contribution in [1.29, 1.82) is 0 Å². The summed E-state index contributed by atoms with van der Waals surface area (Å²) in [5, 5.41) is 0.728. The molecule has 4 nitrogen and oxygen atoms in total. The molecule has 0 saturated carbocycles. The van der Waals surface area contributed by atoms with E-state index in [-0.39, 0.29) is 18.1 Å². The van der Waals surface area contributed by atoms with Crippen LogP contribution in [0.5, 0.6) is 0 Å². The molecule has 0 aromatic heterocycles. The highest BCUT2D eigenvalue weighted by molar-refractivity contribution is 6.33. The Kier molecular flexibility index (Phi) is 4.43. The van der Waals surface area contributed by atoms with Gasteiger partial charge >= 0.3 is 0 Å². The summed E-state index contributed by atoms with van der Waals surface area (Å²) in [6.07, 6.45) is 0.00604. The summed E-state index contributed by atoms with van der Waals surface area (Å²) in [6.45, 7) is 4.20. The summed E-state index contributed by atoms with van der Waals surface area (Å²) in [4.78, 5) is 26.6. The lowest BCUT2D eigenvalue weighted by Crippen LogP contribution is -2.49. The van der Waals surface area contributed by atoms with Gasteiger partial charge in [-0.25, -0.2) is 0 Å². The molecular weight excluding hydrogens is 264 g/mol. The number of carbonyl (C=O) groups excluding carboxylic acids is 2. The molecule has 1 fully saturated rings. The van der Waals surface area contributed by atoms with Crippen molar-refractivity contribution >= 4 is 29.0 Å². The van der Waals surface area contributed by atoms with Crippen molar-refractivity contribution in [1.82, 2.24) is 4.90 Å². The van der Waals surface area contributed by atoms with Crippen molar-refractivity contribution < 1.29 is 9.59 Å². The molecule has 0 radical (unpaired) electrons. The first-order chi connectivity index (χ1) is 9.08. The number of anilines is 1. The van der Waals surface area contributed by atoms with E-state index in [0.717, 1.165) is 23.8 Å². The molecule has 102 valence electrons. The van der Waals surface area contributed by atoms with Gasteiger partial charge in [0.1, 0.15) is 5.78 Å². The van der Waals surface area contributed by atoms with Gasteiger partial charge in [-0.3, -0.25) is 9.59 Å². The zero-order valence-corrected chi connectivity index (χ0v) is 11.7. The number of ketones is 1. The average molecular weight is 281 g/mol. The molecule has 0 aliphatic carbocycles. The SMILES string of the molecule is CC(=O)CC(=O)N1CCN(c2ccccc2Cl)CC1. The van der Waals surface area contributed by atoms with Crippen LogP contribution in [0.1, 0.15) is 13.3 Å². The molecule has 0 spiro atoms. The van der Waals surface area contributed by atoms with Crippen molar-refractivity contribution in [2.75, 3.05) is 31.1 Å². The zero-order chi connectivity index (χ0) is 13.8. The Balaban J connectivity index is 1.94. The minimum Gasteiger partial charge on any atom is -0.367 e. The first-order valence-corrected chi connectivity index (χ1v) is 6.72. The van der Waals surface area contributed by atoms with Gasteiger partial charge in [-0.2, -0.15) is 0 Å². The minimum absolute atomic E-state index is 0.00604. The smallest absolute Gasteiger partial charge is 0.230 e. The van der Waals surface area contributed by atoms with E-state index in [2.05, 4.69) is 4.90 Å². The predicted molar refractivity (Wildman–Crippen MR) is 75.5 cm³/mol. The summed E-state index contributed by atoms with van der Waals surface area (Å²) in [7, 11) is 0. The molecule has 19 heavy (non-hydrogen) atoms. The number of para-hydroxylation sites is 1. The molecule has 1 aromatic carbocycles. The molecule has 0 N–H and O–H groups in total. The van der Waals surface area contributed by atoms with Crippen LogP contribution in [0.15, 0.2) is 24.3 Å². The molecule has 1 aromatic rings. The van der Waals surface area contributed by atoms with Crippen LogP contribution in [-0.4, -0.2) is 42.8 Å². The quantitative estimate of drug-likeness (QED) is 0.795. The van der Waals surface area contributed by atoms with Gasteiger partial charge in [0.2, 0.25) is 5.91 Å². The van der Waals surface area contributed by atoms with Gasteiger partial charge in [0.25, 0.3) is 0 Å². The van der Waals surface area contributed by atoms with Gasteiger partial charge in [0, 0.05) is 26.2 Å². The normalized spacial score (nSPS) is 15.5. The van der Waals surface area contributed by atoms with Crippen LogP contribution >= 0.6 is 11.6 Å². The number of rotatable bonds is 3. The molecule has 0 bridgehead atoms. The summed E-state index contributed by atoms with van der Waals surface area (Å²) in [5.74, 6) is -0.162. The van der Waals surface area contributed by atoms with E-state index in [1.807, 2.05) is 24.3 Å². The number of Topliss-reactive ketones (excluding diaryl/α,β-unsaturated/α-hetero) is 1. The Bertz CT molecular complexity index is 482. The Morgan fingerprint density at radius 3 is 2.37 bits per heavy atom. The van der Waals surface area contributed by atoms with Crippen LogP contribution in [0, 0.1) is 0 Å². The highest BCUT2D eigenvalue weighted by atomic mass is 35.5. The van der Waals surface area contributed by atoms with Crippen molar-refractivity contribution in [3.05, 3.63) is 29.3 Å². The van der Waals surface area contributed by atoms with Crippen LogP contribution in [0.4, 0.5) is 5.69 Å². The number of piperazine rings is 1. The molecule has 0 unspecified atom stereocenters. The number of carbonyl (C=O) groups is 2. The van der Waals surface area contributed by atoms with Crippen LogP contribution in [-0.2, 0) is 9.59 Å². The second-order valence-electron chi connectivity index (χ2n) is 4.70. The Morgan fingerprint density at radius 2 is 1.79 bits per heavy atom. The summed E-state index contributed by atoms with van der Waals surface area (Å²) >= 11 is 6.16. The van der Waals surface area contributed by atoms with Crippen LogP contribution in [0.3, 0.4) is 0 Å². The third kappa shape index (κ3) is 3.47. The molecule has 5 heteroatoms. The van der Waals surface area contributed by atoms with E-state index in [1.54, 1.807) is 4.90 Å². The lowest BCUT2D eigenvalue weighted by Gasteiger charge is -2.36. The van der Waals surface area contributed by atoms with Crippen LogP contribution < -0.4 is 4.90 Å². The second kappa shape index (κ2) is 6.06. The van der Waals surface area contributed by atoms with E-state index in [1.165, 1.54) is 6.92 Å². The molecule has 2 rings (SSSR count). The van der Waals surface area contributed by atoms with Gasteiger partial charge in [0.05, 0.1) is 17.1 Å². The van der Waals surface area contributed by atoms with E-state index in [4.69, 9.17) is 11.6 Å². The fraction of sp³-hybridized carbons (Fsp3) is 0.429. The minimum atomic E-state index is -0.0847. The van der Waals surface area contributed by atoms with Gasteiger partial charge in [0.15, 0.2) is 0 Å². The lowest BCUT2D eigenvalue weighted by molar-refractivity contribution is -0.135. The highest BCUT2D eigenvalue weighted by Gasteiger charge is 2.22. The standard InChI is InChI=1S/C14H17ClN2O2/c1-11(18)10-14(19)17-8-6-16(7-9-17)13-5-3-2-4-12(13)15/h2-5H,6-10H2,1H3. The number of halogens is 1. The monoisotopic (exact) mass is 280 g/mol. The topological polar surface area (TPSA) is 40.6 Å². The van der Waals surface area contributed by atoms with Crippen molar-refractivity contribution in [2.24, 2.45) is 0 Å². The Labute approximate surface area is 117 Å². The number of benzene rings is 1. The number of nitrogens with zero attached hydrogens (tertiary/aromatic N) is 2. The fourth-order valence-electron chi connectivity index (χ4n) is 2.23. The largest absolute Gasteiger partial charge is 0.367 e. The Hall–Kier alpha value is -1.55. The fourth-order valence-corrected chi connectivity index (χ4v) is 2.48. The highest BCUT2D eigenvalue weighted by Crippen LogP contribution is 2.26. The predicted octanol–water partition coefficient (Wildman–Crippen LogP) is 1.97. The summed E-state index contributed by atoms with van der Waals surface area (Å²) in [6, 6.07) is 7.70. The van der Waals surface area contributed by atoms with Crippen LogP contribution in [0.2, 0.25) is 5.02 Å². The maximum atomic E-state index is 11.8. The molecule has 1 amide bonds. The van der Waals surface area contributed by atoms with Gasteiger partial charge in [-0.1, -0.05) is 23.7 Å². The number of hydrogen-bond acceptors (Lipinski definition) is 3. The Morgan fingerprint density at radius 1 is 1.16 bits per heavy atom. The van der Waals surface area contributed by atoms with E-state index in [9.17, 15) is 9.59 Å². The summed E-state index contributed by atoms with van der Waals surface area (Å²) in [5.41, 5.74) is 1.00. The number of hydrogen-bond donors (Lipinski definition) is 0. The lowest BCUT2D eigenvalue weighted by atomic mass is 10.2. The molecular formula is C14H17ClN2O2. The third-order valence-electron chi connectivity index (χ3n) is 3.23. The molecule has 1 aliphatic rings. The maximum absolute atomic E-state index is 11.8. The van der Waals surface area contributed by atoms with E-state index >= 15 is 0 Å².